The Morgan fingerprint density at radius 3 is 2.07 bits per heavy atom. The van der Waals surface area contributed by atoms with Gasteiger partial charge < -0.3 is 19.5 Å². The molecule has 0 atom stereocenters. The second-order valence-electron chi connectivity index (χ2n) is 6.90. The first-order valence-corrected chi connectivity index (χ1v) is 10.4. The summed E-state index contributed by atoms with van der Waals surface area (Å²) in [4.78, 5) is 23.7. The fraction of sp³-hybridized carbons (Fsp3) is 0.591. The Morgan fingerprint density at radius 1 is 0.900 bits per heavy atom. The Morgan fingerprint density at radius 2 is 1.50 bits per heavy atom. The molecule has 0 spiro atoms. The quantitative estimate of drug-likeness (QED) is 0.257. The predicted molar refractivity (Wildman–Crippen MR) is 117 cm³/mol. The highest BCUT2D eigenvalue weighted by Gasteiger charge is 2.12. The molecule has 0 aromatic heterocycles. The Hall–Kier alpha value is -2.77. The van der Waals surface area contributed by atoms with Gasteiger partial charge in [-0.1, -0.05) is 45.4 Å². The van der Waals surface area contributed by atoms with E-state index >= 15 is 0 Å². The summed E-state index contributed by atoms with van der Waals surface area (Å²) in [7, 11) is 4.57. The van der Waals surface area contributed by atoms with Crippen molar-refractivity contribution in [1.82, 2.24) is 10.7 Å². The van der Waals surface area contributed by atoms with Crippen molar-refractivity contribution in [1.29, 1.82) is 0 Å². The molecule has 0 heterocycles. The normalized spacial score (nSPS) is 10.7. The zero-order valence-corrected chi connectivity index (χ0v) is 18.6. The van der Waals surface area contributed by atoms with Crippen LogP contribution in [0.15, 0.2) is 17.2 Å². The number of nitrogens with zero attached hydrogens (tertiary/aromatic N) is 1. The van der Waals surface area contributed by atoms with Gasteiger partial charge in [0.1, 0.15) is 0 Å². The lowest BCUT2D eigenvalue weighted by atomic mass is 10.1. The highest BCUT2D eigenvalue weighted by Crippen LogP contribution is 2.37. The molecule has 0 radical (unpaired) electrons. The van der Waals surface area contributed by atoms with Crippen LogP contribution in [0, 0.1) is 0 Å². The van der Waals surface area contributed by atoms with E-state index in [-0.39, 0.29) is 12.5 Å². The molecule has 0 unspecified atom stereocenters. The van der Waals surface area contributed by atoms with E-state index < -0.39 is 5.91 Å². The Kier molecular flexibility index (Phi) is 12.7. The maximum atomic E-state index is 11.9. The molecule has 168 valence electrons. The lowest BCUT2D eigenvalue weighted by molar-refractivity contribution is -0.126. The molecule has 0 aliphatic heterocycles. The van der Waals surface area contributed by atoms with E-state index in [1.54, 1.807) is 12.1 Å². The summed E-state index contributed by atoms with van der Waals surface area (Å²) in [6, 6.07) is 3.42. The summed E-state index contributed by atoms with van der Waals surface area (Å²) in [5.41, 5.74) is 3.05. The van der Waals surface area contributed by atoms with E-state index in [2.05, 4.69) is 22.8 Å². The number of hydrazone groups is 1. The number of nitrogens with one attached hydrogen (secondary N) is 2. The first-order valence-electron chi connectivity index (χ1n) is 10.4. The Bertz CT molecular complexity index is 666. The number of unbranched alkanes of at least 4 members (excludes halogenated alkanes) is 6. The van der Waals surface area contributed by atoms with Crippen molar-refractivity contribution in [3.8, 4) is 17.2 Å². The van der Waals surface area contributed by atoms with Crippen molar-refractivity contribution in [3.63, 3.8) is 0 Å². The minimum atomic E-state index is -0.397. The van der Waals surface area contributed by atoms with Gasteiger partial charge in [-0.2, -0.15) is 5.10 Å². The van der Waals surface area contributed by atoms with Crippen LogP contribution in [0.5, 0.6) is 17.2 Å². The third kappa shape index (κ3) is 9.62. The summed E-state index contributed by atoms with van der Waals surface area (Å²) in [6.07, 6.45) is 9.94. The average Bonchev–Trinajstić information content (AvgIpc) is 2.76. The maximum Gasteiger partial charge on any atom is 0.259 e. The lowest BCUT2D eigenvalue weighted by Gasteiger charge is -2.12. The first kappa shape index (κ1) is 25.3. The first-order chi connectivity index (χ1) is 14.5. The average molecular weight is 422 g/mol. The fourth-order valence-electron chi connectivity index (χ4n) is 2.90. The third-order valence-electron chi connectivity index (χ3n) is 4.54. The van der Waals surface area contributed by atoms with Crippen LogP contribution in [0.25, 0.3) is 0 Å². The van der Waals surface area contributed by atoms with Crippen LogP contribution >= 0.6 is 0 Å². The molecule has 1 aromatic carbocycles. The summed E-state index contributed by atoms with van der Waals surface area (Å²) >= 11 is 0. The molecule has 2 N–H and O–H groups in total. The molecular weight excluding hydrogens is 386 g/mol. The van der Waals surface area contributed by atoms with Gasteiger partial charge in [0, 0.05) is 12.0 Å². The number of carbonyl (C=O) groups is 2. The predicted octanol–water partition coefficient (Wildman–Crippen LogP) is 3.42. The number of methoxy groups -OCH3 is 3. The zero-order valence-electron chi connectivity index (χ0n) is 18.6. The van der Waals surface area contributed by atoms with Gasteiger partial charge in [-0.15, -0.1) is 0 Å². The molecule has 1 rings (SSSR count). The Balaban J connectivity index is 2.34. The SMILES string of the molecule is CCCCCCCCCC(=O)NCC(=O)N/N=C\c1cc(OC)c(OC)c(OC)c1. The monoisotopic (exact) mass is 421 g/mol. The molecule has 1 aromatic rings. The van der Waals surface area contributed by atoms with Gasteiger partial charge in [-0.3, -0.25) is 9.59 Å². The number of ether oxygens (including phenoxy) is 3. The number of rotatable bonds is 15. The van der Waals surface area contributed by atoms with Gasteiger partial charge in [0.05, 0.1) is 34.1 Å². The van der Waals surface area contributed by atoms with Crippen molar-refractivity contribution in [2.75, 3.05) is 27.9 Å². The topological polar surface area (TPSA) is 98.3 Å². The van der Waals surface area contributed by atoms with Gasteiger partial charge in [0.2, 0.25) is 11.7 Å². The second kappa shape index (κ2) is 15.1. The molecule has 2 amide bonds. The maximum absolute atomic E-state index is 11.9. The highest BCUT2D eigenvalue weighted by molar-refractivity contribution is 5.87. The van der Waals surface area contributed by atoms with Gasteiger partial charge in [-0.05, 0) is 18.6 Å². The van der Waals surface area contributed by atoms with Crippen LogP contribution < -0.4 is 25.0 Å². The van der Waals surface area contributed by atoms with E-state index in [1.165, 1.54) is 53.2 Å². The van der Waals surface area contributed by atoms with Gasteiger partial charge in [-0.25, -0.2) is 5.43 Å². The van der Waals surface area contributed by atoms with Crippen LogP contribution in [0.2, 0.25) is 0 Å². The minimum absolute atomic E-state index is 0.109. The molecule has 0 fully saturated rings. The number of amides is 2. The van der Waals surface area contributed by atoms with E-state index in [0.717, 1.165) is 19.3 Å². The minimum Gasteiger partial charge on any atom is -0.493 e. The van der Waals surface area contributed by atoms with E-state index in [4.69, 9.17) is 14.2 Å². The lowest BCUT2D eigenvalue weighted by Crippen LogP contribution is -2.34. The van der Waals surface area contributed by atoms with Crippen molar-refractivity contribution in [2.45, 2.75) is 58.3 Å². The van der Waals surface area contributed by atoms with Crippen LogP contribution in [-0.2, 0) is 9.59 Å². The molecule has 0 aliphatic rings. The summed E-state index contributed by atoms with van der Waals surface area (Å²) in [5.74, 6) is 0.938. The summed E-state index contributed by atoms with van der Waals surface area (Å²) in [5, 5.41) is 6.52. The smallest absolute Gasteiger partial charge is 0.259 e. The zero-order chi connectivity index (χ0) is 22.2. The number of hydrogen-bond donors (Lipinski definition) is 2. The molecule has 0 saturated heterocycles. The van der Waals surface area contributed by atoms with Crippen molar-refractivity contribution < 1.29 is 23.8 Å². The Labute approximate surface area is 179 Å². The van der Waals surface area contributed by atoms with Crippen molar-refractivity contribution in [2.24, 2.45) is 5.10 Å². The van der Waals surface area contributed by atoms with E-state index in [9.17, 15) is 9.59 Å². The molecule has 8 heteroatoms. The van der Waals surface area contributed by atoms with Crippen LogP contribution in [0.1, 0.15) is 63.9 Å². The van der Waals surface area contributed by atoms with Crippen molar-refractivity contribution >= 4 is 18.0 Å². The second-order valence-corrected chi connectivity index (χ2v) is 6.90. The number of benzene rings is 1. The van der Waals surface area contributed by atoms with Gasteiger partial charge >= 0.3 is 0 Å². The van der Waals surface area contributed by atoms with Crippen LogP contribution in [0.3, 0.4) is 0 Å². The van der Waals surface area contributed by atoms with E-state index in [1.807, 2.05) is 0 Å². The van der Waals surface area contributed by atoms with Gasteiger partial charge in [0.25, 0.3) is 5.91 Å². The molecule has 0 aliphatic carbocycles. The van der Waals surface area contributed by atoms with Gasteiger partial charge in [0.15, 0.2) is 11.5 Å². The highest BCUT2D eigenvalue weighted by atomic mass is 16.5. The third-order valence-corrected chi connectivity index (χ3v) is 4.54. The molecular formula is C22H35N3O5. The number of carbonyl (C=O) groups excluding carboxylic acids is 2. The molecule has 0 bridgehead atoms. The van der Waals surface area contributed by atoms with Crippen LogP contribution in [0.4, 0.5) is 0 Å². The standard InChI is InChI=1S/C22H35N3O5/c1-5-6-7-8-9-10-11-12-20(26)23-16-21(27)25-24-15-17-13-18(28-2)22(30-4)19(14-17)29-3/h13-15H,5-12,16H2,1-4H3,(H,23,26)(H,25,27)/b24-15-. The summed E-state index contributed by atoms with van der Waals surface area (Å²) < 4.78 is 15.8. The van der Waals surface area contributed by atoms with Crippen molar-refractivity contribution in [3.05, 3.63) is 17.7 Å². The molecule has 0 saturated carbocycles. The van der Waals surface area contributed by atoms with Crippen LogP contribution in [-0.4, -0.2) is 45.9 Å². The largest absolute Gasteiger partial charge is 0.493 e. The molecule has 8 nitrogen and oxygen atoms in total. The fourth-order valence-corrected chi connectivity index (χ4v) is 2.90. The molecule has 30 heavy (non-hydrogen) atoms. The number of hydrogen-bond acceptors (Lipinski definition) is 6. The summed E-state index contributed by atoms with van der Waals surface area (Å²) in [6.45, 7) is 2.08. The van der Waals surface area contributed by atoms with E-state index in [0.29, 0.717) is 29.2 Å².